The van der Waals surface area contributed by atoms with Crippen LogP contribution < -0.4 is 5.56 Å². The van der Waals surface area contributed by atoms with Gasteiger partial charge in [0.05, 0.1) is 6.61 Å². The fourth-order valence-electron chi connectivity index (χ4n) is 2.38. The number of H-pyrrole nitrogens is 1. The van der Waals surface area contributed by atoms with Crippen molar-refractivity contribution in [3.8, 4) is 0 Å². The molecule has 0 saturated heterocycles. The summed E-state index contributed by atoms with van der Waals surface area (Å²) in [4.78, 5) is 33.5. The first-order valence-corrected chi connectivity index (χ1v) is 8.35. The van der Waals surface area contributed by atoms with Crippen molar-refractivity contribution < 1.29 is 13.9 Å². The zero-order valence-electron chi connectivity index (χ0n) is 15.5. The second kappa shape index (κ2) is 8.23. The van der Waals surface area contributed by atoms with Gasteiger partial charge in [0.15, 0.2) is 0 Å². The minimum Gasteiger partial charge on any atom is -0.383 e. The van der Waals surface area contributed by atoms with Crippen LogP contribution >= 0.6 is 0 Å². The fourth-order valence-corrected chi connectivity index (χ4v) is 2.38. The highest BCUT2D eigenvalue weighted by Crippen LogP contribution is 2.17. The first-order chi connectivity index (χ1) is 12.2. The van der Waals surface area contributed by atoms with Crippen molar-refractivity contribution in [2.75, 3.05) is 20.3 Å². The molecule has 0 aliphatic carbocycles. The summed E-state index contributed by atoms with van der Waals surface area (Å²) in [5.41, 5.74) is -0.562. The minimum atomic E-state index is -0.514. The van der Waals surface area contributed by atoms with Crippen LogP contribution in [-0.4, -0.2) is 41.0 Å². The highest BCUT2D eigenvalue weighted by molar-refractivity contribution is 5.93. The number of hydrogen-bond acceptors (Lipinski definition) is 4. The highest BCUT2D eigenvalue weighted by atomic mass is 19.1. The maximum Gasteiger partial charge on any atom is 0.263 e. The van der Waals surface area contributed by atoms with Crippen LogP contribution in [-0.2, 0) is 16.7 Å². The van der Waals surface area contributed by atoms with Crippen molar-refractivity contribution in [2.24, 2.45) is 0 Å². The van der Waals surface area contributed by atoms with Gasteiger partial charge >= 0.3 is 0 Å². The molecule has 6 nitrogen and oxygen atoms in total. The molecular formula is C19H24FN3O3. The molecule has 2 rings (SSSR count). The summed E-state index contributed by atoms with van der Waals surface area (Å²) in [7, 11) is 1.51. The molecule has 0 aliphatic rings. The number of methoxy groups -OCH3 is 1. The minimum absolute atomic E-state index is 0.0370. The SMILES string of the molecule is COCCN(Cc1ccccc1F)C(=O)c1cnc(C(C)(C)C)[nH]c1=O. The van der Waals surface area contributed by atoms with E-state index in [0.717, 1.165) is 0 Å². The Hall–Kier alpha value is -2.54. The standard InChI is InChI=1S/C19H24FN3O3/c1-19(2,3)18-21-11-14(16(24)22-18)17(25)23(9-10-26-4)12-13-7-5-6-8-15(13)20/h5-8,11H,9-10,12H2,1-4H3,(H,21,22,24). The number of halogens is 1. The van der Waals surface area contributed by atoms with Crippen LogP contribution in [0.4, 0.5) is 4.39 Å². The van der Waals surface area contributed by atoms with E-state index in [-0.39, 0.29) is 30.7 Å². The fraction of sp³-hybridized carbons (Fsp3) is 0.421. The van der Waals surface area contributed by atoms with Gasteiger partial charge in [-0.3, -0.25) is 9.59 Å². The maximum atomic E-state index is 14.0. The lowest BCUT2D eigenvalue weighted by atomic mass is 9.96. The van der Waals surface area contributed by atoms with E-state index in [2.05, 4.69) is 9.97 Å². The van der Waals surface area contributed by atoms with Gasteiger partial charge in [0.2, 0.25) is 0 Å². The summed E-state index contributed by atoms with van der Waals surface area (Å²) >= 11 is 0. The number of amides is 1. The van der Waals surface area contributed by atoms with Crippen molar-refractivity contribution in [2.45, 2.75) is 32.7 Å². The van der Waals surface area contributed by atoms with Crippen LogP contribution in [0.5, 0.6) is 0 Å². The molecule has 0 saturated carbocycles. The molecule has 140 valence electrons. The van der Waals surface area contributed by atoms with Crippen molar-refractivity contribution in [3.63, 3.8) is 0 Å². The van der Waals surface area contributed by atoms with E-state index in [9.17, 15) is 14.0 Å². The molecule has 2 aromatic rings. The summed E-state index contributed by atoms with van der Waals surface area (Å²) in [6.07, 6.45) is 1.28. The molecule has 0 fully saturated rings. The maximum absolute atomic E-state index is 14.0. The Morgan fingerprint density at radius 1 is 1.31 bits per heavy atom. The molecule has 1 aromatic heterocycles. The Bertz CT molecular complexity index is 827. The summed E-state index contributed by atoms with van der Waals surface area (Å²) in [6.45, 7) is 6.27. The van der Waals surface area contributed by atoms with Crippen LogP contribution in [0.15, 0.2) is 35.3 Å². The summed E-state index contributed by atoms with van der Waals surface area (Å²) in [6, 6.07) is 6.22. The van der Waals surface area contributed by atoms with Crippen molar-refractivity contribution in [3.05, 3.63) is 63.6 Å². The van der Waals surface area contributed by atoms with E-state index in [0.29, 0.717) is 11.4 Å². The number of nitrogens with one attached hydrogen (secondary N) is 1. The van der Waals surface area contributed by atoms with Gasteiger partial charge in [-0.05, 0) is 6.07 Å². The number of ether oxygens (including phenoxy) is 1. The van der Waals surface area contributed by atoms with E-state index in [1.165, 1.54) is 24.3 Å². The first kappa shape index (κ1) is 19.8. The molecule has 0 aliphatic heterocycles. The van der Waals surface area contributed by atoms with Gasteiger partial charge in [0.25, 0.3) is 11.5 Å². The zero-order chi connectivity index (χ0) is 19.3. The number of rotatable bonds is 6. The molecule has 0 atom stereocenters. The van der Waals surface area contributed by atoms with E-state index in [1.807, 2.05) is 20.8 Å². The second-order valence-corrected chi connectivity index (χ2v) is 7.04. The van der Waals surface area contributed by atoms with Gasteiger partial charge in [-0.1, -0.05) is 39.0 Å². The highest BCUT2D eigenvalue weighted by Gasteiger charge is 2.23. The van der Waals surface area contributed by atoms with E-state index in [1.54, 1.807) is 18.2 Å². The van der Waals surface area contributed by atoms with Crippen LogP contribution in [0.1, 0.15) is 42.5 Å². The molecule has 0 radical (unpaired) electrons. The van der Waals surface area contributed by atoms with Gasteiger partial charge in [-0.2, -0.15) is 0 Å². The van der Waals surface area contributed by atoms with Crippen molar-refractivity contribution in [1.29, 1.82) is 0 Å². The zero-order valence-corrected chi connectivity index (χ0v) is 15.5. The topological polar surface area (TPSA) is 75.3 Å². The molecule has 1 aromatic carbocycles. The van der Waals surface area contributed by atoms with Gasteiger partial charge in [0.1, 0.15) is 17.2 Å². The molecule has 0 spiro atoms. The number of benzene rings is 1. The molecule has 0 unspecified atom stereocenters. The molecule has 26 heavy (non-hydrogen) atoms. The van der Waals surface area contributed by atoms with E-state index >= 15 is 0 Å². The molecule has 0 bridgehead atoms. The van der Waals surface area contributed by atoms with Gasteiger partial charge < -0.3 is 14.6 Å². The average molecular weight is 361 g/mol. The Kier molecular flexibility index (Phi) is 6.26. The third kappa shape index (κ3) is 4.76. The molecule has 1 heterocycles. The summed E-state index contributed by atoms with van der Waals surface area (Å²) in [5.74, 6) is -0.422. The quantitative estimate of drug-likeness (QED) is 0.858. The van der Waals surface area contributed by atoms with E-state index < -0.39 is 17.3 Å². The third-order valence-electron chi connectivity index (χ3n) is 3.91. The number of nitrogens with zero attached hydrogens (tertiary/aromatic N) is 2. The van der Waals surface area contributed by atoms with Crippen molar-refractivity contribution >= 4 is 5.91 Å². The number of carbonyl (C=O) groups is 1. The average Bonchev–Trinajstić information content (AvgIpc) is 2.58. The van der Waals surface area contributed by atoms with Gasteiger partial charge in [-0.15, -0.1) is 0 Å². The predicted molar refractivity (Wildman–Crippen MR) is 96.6 cm³/mol. The molecule has 1 N–H and O–H groups in total. The molecular weight excluding hydrogens is 337 g/mol. The van der Waals surface area contributed by atoms with Crippen LogP contribution in [0.25, 0.3) is 0 Å². The lowest BCUT2D eigenvalue weighted by Gasteiger charge is -2.23. The van der Waals surface area contributed by atoms with Crippen molar-refractivity contribution in [1.82, 2.24) is 14.9 Å². The van der Waals surface area contributed by atoms with Gasteiger partial charge in [-0.25, -0.2) is 9.37 Å². The number of hydrogen-bond donors (Lipinski definition) is 1. The largest absolute Gasteiger partial charge is 0.383 e. The second-order valence-electron chi connectivity index (χ2n) is 7.04. The number of carbonyl (C=O) groups excluding carboxylic acids is 1. The molecule has 7 heteroatoms. The van der Waals surface area contributed by atoms with E-state index in [4.69, 9.17) is 4.74 Å². The van der Waals surface area contributed by atoms with Gasteiger partial charge in [0, 0.05) is 37.4 Å². The Balaban J connectivity index is 2.32. The lowest BCUT2D eigenvalue weighted by molar-refractivity contribution is 0.0676. The summed E-state index contributed by atoms with van der Waals surface area (Å²) in [5, 5.41) is 0. The first-order valence-electron chi connectivity index (χ1n) is 8.35. The molecule has 1 amide bonds. The normalized spacial score (nSPS) is 11.4. The monoisotopic (exact) mass is 361 g/mol. The Morgan fingerprint density at radius 2 is 2.00 bits per heavy atom. The Morgan fingerprint density at radius 3 is 2.58 bits per heavy atom. The predicted octanol–water partition coefficient (Wildman–Crippen LogP) is 2.50. The Labute approximate surface area is 152 Å². The lowest BCUT2D eigenvalue weighted by Crippen LogP contribution is -2.37. The summed E-state index contributed by atoms with van der Waals surface area (Å²) < 4.78 is 19.0. The van der Waals surface area contributed by atoms with Crippen LogP contribution in [0.2, 0.25) is 0 Å². The number of aromatic nitrogens is 2. The van der Waals surface area contributed by atoms with Crippen LogP contribution in [0, 0.1) is 5.82 Å². The number of aromatic amines is 1. The van der Waals surface area contributed by atoms with Crippen LogP contribution in [0.3, 0.4) is 0 Å². The smallest absolute Gasteiger partial charge is 0.263 e. The third-order valence-corrected chi connectivity index (χ3v) is 3.91.